The summed E-state index contributed by atoms with van der Waals surface area (Å²) in [6.07, 6.45) is 0.377. The Morgan fingerprint density at radius 2 is 2.00 bits per heavy atom. The predicted molar refractivity (Wildman–Crippen MR) is 52.9 cm³/mol. The maximum Gasteiger partial charge on any atom is 0.190 e. The van der Waals surface area contributed by atoms with Gasteiger partial charge in [0.05, 0.1) is 7.11 Å². The summed E-state index contributed by atoms with van der Waals surface area (Å²) in [6, 6.07) is 2.55. The Bertz CT molecular complexity index is 307. The molecule has 0 bridgehead atoms. The number of halogens is 3. The summed E-state index contributed by atoms with van der Waals surface area (Å²) in [5.41, 5.74) is 5.63. The van der Waals surface area contributed by atoms with E-state index < -0.39 is 11.6 Å². The highest BCUT2D eigenvalue weighted by Crippen LogP contribution is 2.24. The fraction of sp³-hybridized carbons (Fsp3) is 0.333. The molecule has 1 rings (SSSR count). The molecule has 80 valence electrons. The van der Waals surface area contributed by atoms with Gasteiger partial charge in [0.1, 0.15) is 0 Å². The summed E-state index contributed by atoms with van der Waals surface area (Å²) >= 11 is 0. The average molecular weight is 224 g/mol. The van der Waals surface area contributed by atoms with Crippen LogP contribution in [0.2, 0.25) is 0 Å². The highest BCUT2D eigenvalue weighted by molar-refractivity contribution is 5.85. The van der Waals surface area contributed by atoms with Crippen molar-refractivity contribution < 1.29 is 13.5 Å². The Morgan fingerprint density at radius 3 is 2.50 bits per heavy atom. The smallest absolute Gasteiger partial charge is 0.190 e. The Hall–Kier alpha value is -0.870. The molecule has 0 spiro atoms. The molecule has 0 unspecified atom stereocenters. The lowest BCUT2D eigenvalue weighted by Gasteiger charge is -2.07. The fourth-order valence-corrected chi connectivity index (χ4v) is 1.11. The Kier molecular flexibility index (Phi) is 5.42. The Balaban J connectivity index is 0.00000169. The van der Waals surface area contributed by atoms with Crippen LogP contribution < -0.4 is 10.5 Å². The van der Waals surface area contributed by atoms with Crippen molar-refractivity contribution in [2.45, 2.75) is 6.42 Å². The first-order chi connectivity index (χ1) is 6.20. The second kappa shape index (κ2) is 5.78. The van der Waals surface area contributed by atoms with Crippen LogP contribution in [0.3, 0.4) is 0 Å². The van der Waals surface area contributed by atoms with Crippen LogP contribution in [-0.2, 0) is 6.42 Å². The summed E-state index contributed by atoms with van der Waals surface area (Å²) < 4.78 is 30.7. The van der Waals surface area contributed by atoms with Crippen LogP contribution in [0.25, 0.3) is 0 Å². The van der Waals surface area contributed by atoms with Gasteiger partial charge in [-0.1, -0.05) is 6.07 Å². The first-order valence-corrected chi connectivity index (χ1v) is 3.91. The van der Waals surface area contributed by atoms with E-state index in [1.54, 1.807) is 0 Å². The molecule has 0 heterocycles. The lowest BCUT2D eigenvalue weighted by Crippen LogP contribution is -2.06. The van der Waals surface area contributed by atoms with Crippen LogP contribution in [-0.4, -0.2) is 13.7 Å². The molecule has 0 radical (unpaired) electrons. The van der Waals surface area contributed by atoms with Gasteiger partial charge in [0.15, 0.2) is 17.4 Å². The van der Waals surface area contributed by atoms with Crippen LogP contribution in [0, 0.1) is 11.6 Å². The molecular weight excluding hydrogens is 212 g/mol. The second-order valence-corrected chi connectivity index (χ2v) is 2.59. The van der Waals surface area contributed by atoms with Gasteiger partial charge in [-0.2, -0.15) is 0 Å². The zero-order chi connectivity index (χ0) is 9.84. The van der Waals surface area contributed by atoms with Gasteiger partial charge in [0.25, 0.3) is 0 Å². The summed E-state index contributed by atoms with van der Waals surface area (Å²) in [6.45, 7) is 0.325. The van der Waals surface area contributed by atoms with Crippen LogP contribution in [0.4, 0.5) is 8.78 Å². The standard InChI is InChI=1S/C9H11F2NO.ClH/c1-13-9-7(10)3-2-6(4-5-12)8(9)11;/h2-3H,4-5,12H2,1H3;1H. The first-order valence-electron chi connectivity index (χ1n) is 3.91. The summed E-state index contributed by atoms with van der Waals surface area (Å²) in [5, 5.41) is 0. The lowest BCUT2D eigenvalue weighted by atomic mass is 10.1. The third kappa shape index (κ3) is 2.56. The minimum absolute atomic E-state index is 0. The van der Waals surface area contributed by atoms with E-state index >= 15 is 0 Å². The van der Waals surface area contributed by atoms with E-state index in [1.807, 2.05) is 0 Å². The van der Waals surface area contributed by atoms with E-state index in [0.717, 1.165) is 0 Å². The molecule has 0 saturated carbocycles. The minimum Gasteiger partial charge on any atom is -0.491 e. The SMILES string of the molecule is COc1c(F)ccc(CCN)c1F.Cl. The number of nitrogens with two attached hydrogens (primary N) is 1. The number of rotatable bonds is 3. The van der Waals surface area contributed by atoms with Crippen molar-refractivity contribution in [2.75, 3.05) is 13.7 Å². The third-order valence-corrected chi connectivity index (χ3v) is 1.75. The number of hydrogen-bond acceptors (Lipinski definition) is 2. The van der Waals surface area contributed by atoms with Gasteiger partial charge in [0, 0.05) is 0 Å². The molecule has 0 aliphatic heterocycles. The van der Waals surface area contributed by atoms with Gasteiger partial charge in [0.2, 0.25) is 0 Å². The maximum atomic E-state index is 13.3. The van der Waals surface area contributed by atoms with Crippen molar-refractivity contribution in [2.24, 2.45) is 5.73 Å². The van der Waals surface area contributed by atoms with Crippen LogP contribution in [0.5, 0.6) is 5.75 Å². The molecule has 0 aliphatic rings. The lowest BCUT2D eigenvalue weighted by molar-refractivity contribution is 0.357. The quantitative estimate of drug-likeness (QED) is 0.850. The molecule has 0 aliphatic carbocycles. The molecule has 0 saturated heterocycles. The van der Waals surface area contributed by atoms with Crippen LogP contribution >= 0.6 is 12.4 Å². The van der Waals surface area contributed by atoms with Crippen molar-refractivity contribution >= 4 is 12.4 Å². The number of methoxy groups -OCH3 is 1. The van der Waals surface area contributed by atoms with Crippen molar-refractivity contribution in [3.05, 3.63) is 29.3 Å². The molecule has 0 aromatic heterocycles. The monoisotopic (exact) mass is 223 g/mol. The highest BCUT2D eigenvalue weighted by atomic mass is 35.5. The largest absolute Gasteiger partial charge is 0.491 e. The van der Waals surface area contributed by atoms with Gasteiger partial charge in [-0.05, 0) is 24.6 Å². The zero-order valence-corrected chi connectivity index (χ0v) is 8.54. The topological polar surface area (TPSA) is 35.2 Å². The van der Waals surface area contributed by atoms with Crippen molar-refractivity contribution in [1.82, 2.24) is 0 Å². The molecular formula is C9H12ClF2NO. The fourth-order valence-electron chi connectivity index (χ4n) is 1.11. The summed E-state index contributed by atoms with van der Waals surface area (Å²) in [4.78, 5) is 0. The molecule has 0 atom stereocenters. The molecule has 5 heteroatoms. The predicted octanol–water partition coefficient (Wildman–Crippen LogP) is 1.90. The molecule has 14 heavy (non-hydrogen) atoms. The van der Waals surface area contributed by atoms with E-state index in [1.165, 1.54) is 19.2 Å². The van der Waals surface area contributed by atoms with Crippen molar-refractivity contribution in [3.8, 4) is 5.75 Å². The van der Waals surface area contributed by atoms with Gasteiger partial charge in [-0.15, -0.1) is 12.4 Å². The molecule has 1 aromatic carbocycles. The number of ether oxygens (including phenoxy) is 1. The van der Waals surface area contributed by atoms with Crippen molar-refractivity contribution in [1.29, 1.82) is 0 Å². The van der Waals surface area contributed by atoms with E-state index in [4.69, 9.17) is 5.73 Å². The van der Waals surface area contributed by atoms with E-state index in [9.17, 15) is 8.78 Å². The second-order valence-electron chi connectivity index (χ2n) is 2.59. The van der Waals surface area contributed by atoms with Gasteiger partial charge >= 0.3 is 0 Å². The first kappa shape index (κ1) is 13.1. The maximum absolute atomic E-state index is 13.3. The highest BCUT2D eigenvalue weighted by Gasteiger charge is 2.12. The van der Waals surface area contributed by atoms with Gasteiger partial charge < -0.3 is 10.5 Å². The van der Waals surface area contributed by atoms with Crippen LogP contribution in [0.1, 0.15) is 5.56 Å². The summed E-state index contributed by atoms with van der Waals surface area (Å²) in [7, 11) is 1.23. The number of hydrogen-bond donors (Lipinski definition) is 1. The molecule has 0 amide bonds. The van der Waals surface area contributed by atoms with Gasteiger partial charge in [-0.25, -0.2) is 8.78 Å². The molecule has 0 fully saturated rings. The number of benzene rings is 1. The molecule has 2 nitrogen and oxygen atoms in total. The molecule has 1 aromatic rings. The van der Waals surface area contributed by atoms with E-state index in [-0.39, 0.29) is 18.2 Å². The normalized spacial score (nSPS) is 9.43. The Morgan fingerprint density at radius 1 is 1.36 bits per heavy atom. The summed E-state index contributed by atoms with van der Waals surface area (Å²) in [5.74, 6) is -1.69. The van der Waals surface area contributed by atoms with E-state index in [2.05, 4.69) is 4.74 Å². The minimum atomic E-state index is -0.694. The molecule has 2 N–H and O–H groups in total. The zero-order valence-electron chi connectivity index (χ0n) is 7.72. The van der Waals surface area contributed by atoms with Crippen LogP contribution in [0.15, 0.2) is 12.1 Å². The third-order valence-electron chi connectivity index (χ3n) is 1.75. The van der Waals surface area contributed by atoms with E-state index in [0.29, 0.717) is 18.5 Å². The van der Waals surface area contributed by atoms with Crippen molar-refractivity contribution in [3.63, 3.8) is 0 Å². The Labute approximate surface area is 87.5 Å². The van der Waals surface area contributed by atoms with Gasteiger partial charge in [-0.3, -0.25) is 0 Å². The average Bonchev–Trinajstić information content (AvgIpc) is 2.11.